The number of H-pyrrole nitrogens is 1. The van der Waals surface area contributed by atoms with Gasteiger partial charge in [-0.25, -0.2) is 0 Å². The lowest BCUT2D eigenvalue weighted by Gasteiger charge is -2.03. The van der Waals surface area contributed by atoms with E-state index in [0.29, 0.717) is 16.6 Å². The van der Waals surface area contributed by atoms with Gasteiger partial charge in [0.1, 0.15) is 0 Å². The fourth-order valence-corrected chi connectivity index (χ4v) is 1.86. The van der Waals surface area contributed by atoms with Crippen LogP contribution >= 0.6 is 23.2 Å². The minimum absolute atomic E-state index is 0.535. The second-order valence-corrected chi connectivity index (χ2v) is 4.25. The minimum Gasteiger partial charge on any atom is -0.330 e. The lowest BCUT2D eigenvalue weighted by molar-refractivity contribution is 0.972. The van der Waals surface area contributed by atoms with Crippen molar-refractivity contribution < 1.29 is 0 Å². The van der Waals surface area contributed by atoms with Crippen molar-refractivity contribution in [2.45, 2.75) is 6.42 Å². The topological polar surface area (TPSA) is 54.7 Å². The fraction of sp³-hybridized carbons (Fsp3) is 0.182. The summed E-state index contributed by atoms with van der Waals surface area (Å²) in [4.78, 5) is 0. The Morgan fingerprint density at radius 1 is 1.25 bits per heavy atom. The summed E-state index contributed by atoms with van der Waals surface area (Å²) in [6.45, 7) is 0.591. The molecule has 1 aromatic carbocycles. The summed E-state index contributed by atoms with van der Waals surface area (Å²) >= 11 is 11.8. The van der Waals surface area contributed by atoms with Crippen molar-refractivity contribution in [3.8, 4) is 11.3 Å². The van der Waals surface area contributed by atoms with Crippen molar-refractivity contribution in [2.75, 3.05) is 6.54 Å². The maximum Gasteiger partial charge on any atom is 0.0683 e. The van der Waals surface area contributed by atoms with Crippen LogP contribution in [0, 0.1) is 0 Å². The molecule has 2 aromatic rings. The van der Waals surface area contributed by atoms with Gasteiger partial charge in [0.25, 0.3) is 0 Å². The molecule has 3 N–H and O–H groups in total. The first-order chi connectivity index (χ1) is 7.72. The van der Waals surface area contributed by atoms with Gasteiger partial charge in [-0.2, -0.15) is 5.10 Å². The van der Waals surface area contributed by atoms with E-state index in [2.05, 4.69) is 10.2 Å². The Labute approximate surface area is 104 Å². The Hall–Kier alpha value is -1.03. The maximum atomic E-state index is 5.97. The van der Waals surface area contributed by atoms with Crippen LogP contribution in [0.25, 0.3) is 11.3 Å². The van der Waals surface area contributed by atoms with Gasteiger partial charge in [0.05, 0.1) is 21.9 Å². The second kappa shape index (κ2) is 4.87. The zero-order valence-corrected chi connectivity index (χ0v) is 10.0. The van der Waals surface area contributed by atoms with Gasteiger partial charge < -0.3 is 5.73 Å². The molecule has 2 rings (SSSR count). The summed E-state index contributed by atoms with van der Waals surface area (Å²) < 4.78 is 0. The number of nitrogens with one attached hydrogen (secondary N) is 1. The highest BCUT2D eigenvalue weighted by molar-refractivity contribution is 6.42. The van der Waals surface area contributed by atoms with E-state index in [1.807, 2.05) is 12.1 Å². The molecule has 1 aromatic heterocycles. The number of halogens is 2. The number of benzene rings is 1. The molecule has 0 aliphatic rings. The van der Waals surface area contributed by atoms with Crippen LogP contribution in [0.5, 0.6) is 0 Å². The van der Waals surface area contributed by atoms with E-state index in [0.717, 1.165) is 23.2 Å². The number of aromatic nitrogens is 2. The minimum atomic E-state index is 0.535. The van der Waals surface area contributed by atoms with Gasteiger partial charge in [0.15, 0.2) is 0 Å². The normalized spacial score (nSPS) is 10.7. The SMILES string of the molecule is NCCc1cn[nH]c1-c1ccc(Cl)c(Cl)c1. The third-order valence-electron chi connectivity index (χ3n) is 2.34. The summed E-state index contributed by atoms with van der Waals surface area (Å²) in [6.07, 6.45) is 2.57. The fourth-order valence-electron chi connectivity index (χ4n) is 1.56. The standard InChI is InChI=1S/C11H11Cl2N3/c12-9-2-1-7(5-10(9)13)11-8(3-4-14)6-15-16-11/h1-2,5-6H,3-4,14H2,(H,15,16). The Balaban J connectivity index is 2.42. The molecular formula is C11H11Cl2N3. The zero-order chi connectivity index (χ0) is 11.5. The highest BCUT2D eigenvalue weighted by Crippen LogP contribution is 2.29. The van der Waals surface area contributed by atoms with E-state index < -0.39 is 0 Å². The van der Waals surface area contributed by atoms with Crippen molar-refractivity contribution in [3.05, 3.63) is 40.0 Å². The lowest BCUT2D eigenvalue weighted by Crippen LogP contribution is -2.02. The number of aromatic amines is 1. The summed E-state index contributed by atoms with van der Waals surface area (Å²) in [5.41, 5.74) is 8.53. The molecule has 0 aliphatic carbocycles. The average Bonchev–Trinajstić information content (AvgIpc) is 2.71. The molecule has 0 atom stereocenters. The summed E-state index contributed by atoms with van der Waals surface area (Å²) in [5.74, 6) is 0. The van der Waals surface area contributed by atoms with Gasteiger partial charge in [-0.05, 0) is 30.7 Å². The van der Waals surface area contributed by atoms with Gasteiger partial charge in [-0.1, -0.05) is 29.3 Å². The highest BCUT2D eigenvalue weighted by atomic mass is 35.5. The first kappa shape index (κ1) is 11.5. The maximum absolute atomic E-state index is 5.97. The molecule has 1 heterocycles. The van der Waals surface area contributed by atoms with Crippen molar-refractivity contribution in [3.63, 3.8) is 0 Å². The molecular weight excluding hydrogens is 245 g/mol. The molecule has 5 heteroatoms. The summed E-state index contributed by atoms with van der Waals surface area (Å²) in [7, 11) is 0. The van der Waals surface area contributed by atoms with E-state index in [9.17, 15) is 0 Å². The van der Waals surface area contributed by atoms with Crippen LogP contribution in [0.2, 0.25) is 10.0 Å². The Bertz CT molecular complexity index is 494. The molecule has 0 aliphatic heterocycles. The van der Waals surface area contributed by atoms with Gasteiger partial charge >= 0.3 is 0 Å². The van der Waals surface area contributed by atoms with E-state index in [1.165, 1.54) is 0 Å². The summed E-state index contributed by atoms with van der Waals surface area (Å²) in [6, 6.07) is 5.49. The van der Waals surface area contributed by atoms with E-state index in [4.69, 9.17) is 28.9 Å². The number of hydrogen-bond acceptors (Lipinski definition) is 2. The van der Waals surface area contributed by atoms with E-state index >= 15 is 0 Å². The van der Waals surface area contributed by atoms with E-state index in [-0.39, 0.29) is 0 Å². The Kier molecular flexibility index (Phi) is 3.49. The number of nitrogens with two attached hydrogens (primary N) is 1. The largest absolute Gasteiger partial charge is 0.330 e. The molecule has 0 unspecified atom stereocenters. The number of hydrogen-bond donors (Lipinski definition) is 2. The highest BCUT2D eigenvalue weighted by Gasteiger charge is 2.08. The number of rotatable bonds is 3. The Morgan fingerprint density at radius 2 is 2.06 bits per heavy atom. The third-order valence-corrected chi connectivity index (χ3v) is 3.08. The first-order valence-electron chi connectivity index (χ1n) is 4.90. The predicted octanol–water partition coefficient (Wildman–Crippen LogP) is 2.88. The van der Waals surface area contributed by atoms with Crippen molar-refractivity contribution in [1.82, 2.24) is 10.2 Å². The van der Waals surface area contributed by atoms with Gasteiger partial charge in [-0.3, -0.25) is 5.10 Å². The van der Waals surface area contributed by atoms with Crippen LogP contribution in [-0.2, 0) is 6.42 Å². The van der Waals surface area contributed by atoms with Crippen LogP contribution in [-0.4, -0.2) is 16.7 Å². The summed E-state index contributed by atoms with van der Waals surface area (Å²) in [5, 5.41) is 8.04. The molecule has 0 amide bonds. The molecule has 0 radical (unpaired) electrons. The average molecular weight is 256 g/mol. The predicted molar refractivity (Wildman–Crippen MR) is 66.8 cm³/mol. The van der Waals surface area contributed by atoms with Crippen LogP contribution < -0.4 is 5.73 Å². The molecule has 16 heavy (non-hydrogen) atoms. The van der Waals surface area contributed by atoms with Gasteiger partial charge in [0.2, 0.25) is 0 Å². The van der Waals surface area contributed by atoms with Crippen molar-refractivity contribution in [1.29, 1.82) is 0 Å². The van der Waals surface area contributed by atoms with E-state index in [1.54, 1.807) is 12.3 Å². The molecule has 0 fully saturated rings. The van der Waals surface area contributed by atoms with Crippen LogP contribution in [0.1, 0.15) is 5.56 Å². The number of nitrogens with zero attached hydrogens (tertiary/aromatic N) is 1. The van der Waals surface area contributed by atoms with Crippen molar-refractivity contribution in [2.24, 2.45) is 5.73 Å². The third kappa shape index (κ3) is 2.21. The molecule has 0 saturated heterocycles. The lowest BCUT2D eigenvalue weighted by atomic mass is 10.1. The van der Waals surface area contributed by atoms with Gasteiger partial charge in [-0.15, -0.1) is 0 Å². The Morgan fingerprint density at radius 3 is 2.75 bits per heavy atom. The monoisotopic (exact) mass is 255 g/mol. The second-order valence-electron chi connectivity index (χ2n) is 3.44. The smallest absolute Gasteiger partial charge is 0.0683 e. The molecule has 3 nitrogen and oxygen atoms in total. The van der Waals surface area contributed by atoms with Crippen LogP contribution in [0.3, 0.4) is 0 Å². The molecule has 0 spiro atoms. The van der Waals surface area contributed by atoms with Crippen molar-refractivity contribution >= 4 is 23.2 Å². The van der Waals surface area contributed by atoms with Crippen LogP contribution in [0.15, 0.2) is 24.4 Å². The van der Waals surface area contributed by atoms with Crippen LogP contribution in [0.4, 0.5) is 0 Å². The first-order valence-corrected chi connectivity index (χ1v) is 5.65. The quantitative estimate of drug-likeness (QED) is 0.887. The molecule has 84 valence electrons. The zero-order valence-electron chi connectivity index (χ0n) is 8.50. The van der Waals surface area contributed by atoms with Gasteiger partial charge in [0, 0.05) is 5.56 Å². The molecule has 0 bridgehead atoms. The molecule has 0 saturated carbocycles.